The van der Waals surface area contributed by atoms with Crippen molar-refractivity contribution in [3.05, 3.63) is 53.2 Å². The highest BCUT2D eigenvalue weighted by Gasteiger charge is 2.31. The average Bonchev–Trinajstić information content (AvgIpc) is 3.04. The molecule has 1 fully saturated rings. The number of hydrogen-bond donors (Lipinski definition) is 0. The Kier molecular flexibility index (Phi) is 4.81. The van der Waals surface area contributed by atoms with Crippen LogP contribution in [0.25, 0.3) is 0 Å². The Balaban J connectivity index is 1.45. The van der Waals surface area contributed by atoms with E-state index >= 15 is 0 Å². The Morgan fingerprint density at radius 3 is 2.65 bits per heavy atom. The van der Waals surface area contributed by atoms with Gasteiger partial charge in [-0.15, -0.1) is 0 Å². The van der Waals surface area contributed by atoms with E-state index in [9.17, 15) is 4.79 Å². The Hall–Kier alpha value is -2.14. The van der Waals surface area contributed by atoms with Gasteiger partial charge in [-0.3, -0.25) is 9.69 Å². The maximum absolute atomic E-state index is 12.8. The van der Waals surface area contributed by atoms with Gasteiger partial charge in [0.25, 0.3) is 5.89 Å². The first-order valence-corrected chi connectivity index (χ1v) is 9.62. The van der Waals surface area contributed by atoms with Crippen LogP contribution in [0, 0.1) is 11.8 Å². The van der Waals surface area contributed by atoms with Crippen molar-refractivity contribution >= 4 is 5.91 Å². The van der Waals surface area contributed by atoms with Gasteiger partial charge in [-0.1, -0.05) is 44.2 Å². The lowest BCUT2D eigenvalue weighted by Gasteiger charge is -2.34. The topological polar surface area (TPSA) is 49.6 Å². The molecular formula is C21H27N3O2. The third-order valence-corrected chi connectivity index (χ3v) is 5.39. The molecule has 3 heterocycles. The summed E-state index contributed by atoms with van der Waals surface area (Å²) < 4.78 is 5.86. The van der Waals surface area contributed by atoms with Crippen molar-refractivity contribution in [3.63, 3.8) is 0 Å². The van der Waals surface area contributed by atoms with Crippen LogP contribution >= 0.6 is 0 Å². The molecule has 5 heteroatoms. The fraction of sp³-hybridized carbons (Fsp3) is 0.524. The molecule has 1 amide bonds. The van der Waals surface area contributed by atoms with Gasteiger partial charge >= 0.3 is 5.91 Å². The number of benzene rings is 1. The van der Waals surface area contributed by atoms with Crippen LogP contribution in [0.5, 0.6) is 0 Å². The monoisotopic (exact) mass is 353 g/mol. The second-order valence-corrected chi connectivity index (χ2v) is 7.99. The summed E-state index contributed by atoms with van der Waals surface area (Å²) >= 11 is 0. The molecule has 2 aromatic rings. The molecule has 26 heavy (non-hydrogen) atoms. The fourth-order valence-corrected chi connectivity index (χ4v) is 4.28. The highest BCUT2D eigenvalue weighted by molar-refractivity contribution is 5.89. The van der Waals surface area contributed by atoms with Gasteiger partial charge in [-0.25, -0.2) is 4.98 Å². The largest absolute Gasteiger partial charge is 0.437 e. The van der Waals surface area contributed by atoms with Crippen molar-refractivity contribution in [2.75, 3.05) is 19.6 Å². The fourth-order valence-electron chi connectivity index (χ4n) is 4.28. The second kappa shape index (κ2) is 7.23. The van der Waals surface area contributed by atoms with E-state index in [4.69, 9.17) is 4.42 Å². The Morgan fingerprint density at radius 1 is 1.19 bits per heavy atom. The maximum atomic E-state index is 12.8. The van der Waals surface area contributed by atoms with Crippen LogP contribution in [0.3, 0.4) is 0 Å². The zero-order chi connectivity index (χ0) is 18.1. The predicted octanol–water partition coefficient (Wildman–Crippen LogP) is 3.35. The van der Waals surface area contributed by atoms with Crippen molar-refractivity contribution in [1.82, 2.24) is 14.8 Å². The van der Waals surface area contributed by atoms with Crippen LogP contribution in [0.1, 0.15) is 48.0 Å². The van der Waals surface area contributed by atoms with Crippen LogP contribution in [-0.2, 0) is 19.5 Å². The summed E-state index contributed by atoms with van der Waals surface area (Å²) in [7, 11) is 0. The predicted molar refractivity (Wildman–Crippen MR) is 99.6 cm³/mol. The van der Waals surface area contributed by atoms with Gasteiger partial charge in [0.1, 0.15) is 5.76 Å². The van der Waals surface area contributed by atoms with Crippen molar-refractivity contribution < 1.29 is 9.21 Å². The number of nitrogens with zero attached hydrogens (tertiary/aromatic N) is 3. The molecule has 0 aliphatic carbocycles. The maximum Gasteiger partial charge on any atom is 0.309 e. The summed E-state index contributed by atoms with van der Waals surface area (Å²) in [5.74, 6) is 2.18. The van der Waals surface area contributed by atoms with E-state index < -0.39 is 0 Å². The Bertz CT molecular complexity index is 761. The number of piperidine rings is 1. The molecule has 138 valence electrons. The molecule has 1 aromatic carbocycles. The molecule has 0 radical (unpaired) electrons. The summed E-state index contributed by atoms with van der Waals surface area (Å²) in [6.07, 6.45) is 2.00. The van der Waals surface area contributed by atoms with Crippen LogP contribution in [0.2, 0.25) is 0 Å². The van der Waals surface area contributed by atoms with E-state index in [-0.39, 0.29) is 11.8 Å². The average molecular weight is 353 g/mol. The smallest absolute Gasteiger partial charge is 0.309 e. The first-order chi connectivity index (χ1) is 12.6. The van der Waals surface area contributed by atoms with Crippen LogP contribution in [0.15, 0.2) is 34.7 Å². The number of aromatic nitrogens is 1. The van der Waals surface area contributed by atoms with Gasteiger partial charge in [-0.05, 0) is 23.8 Å². The standard InChI is InChI=1S/C21H27N3O2/c1-15-10-16(2)12-24(11-15)21(25)20-22-18-14-23(9-8-19(18)26-20)13-17-6-4-3-5-7-17/h3-7,15-16H,8-14H2,1-2H3. The van der Waals surface area contributed by atoms with E-state index in [0.717, 1.165) is 50.6 Å². The van der Waals surface area contributed by atoms with Crippen LogP contribution in [-0.4, -0.2) is 40.3 Å². The first kappa shape index (κ1) is 17.3. The molecule has 0 bridgehead atoms. The van der Waals surface area contributed by atoms with Gasteiger partial charge in [0.2, 0.25) is 0 Å². The van der Waals surface area contributed by atoms with Gasteiger partial charge < -0.3 is 9.32 Å². The summed E-state index contributed by atoms with van der Waals surface area (Å²) in [5.41, 5.74) is 2.22. The second-order valence-electron chi connectivity index (χ2n) is 7.99. The quantitative estimate of drug-likeness (QED) is 0.849. The molecule has 5 nitrogen and oxygen atoms in total. The van der Waals surface area contributed by atoms with Crippen molar-refractivity contribution in [2.45, 2.75) is 39.8 Å². The van der Waals surface area contributed by atoms with Gasteiger partial charge in [0, 0.05) is 39.1 Å². The van der Waals surface area contributed by atoms with Crippen molar-refractivity contribution in [3.8, 4) is 0 Å². The zero-order valence-corrected chi connectivity index (χ0v) is 15.6. The molecule has 2 atom stereocenters. The lowest BCUT2D eigenvalue weighted by molar-refractivity contribution is 0.0581. The summed E-state index contributed by atoms with van der Waals surface area (Å²) in [5, 5.41) is 0. The van der Waals surface area contributed by atoms with E-state index in [2.05, 4.69) is 48.0 Å². The number of fused-ring (bicyclic) bond motifs is 1. The van der Waals surface area contributed by atoms with E-state index in [1.54, 1.807) is 0 Å². The third-order valence-electron chi connectivity index (χ3n) is 5.39. The normalized spacial score (nSPS) is 23.7. The molecule has 1 aromatic heterocycles. The molecule has 2 aliphatic rings. The lowest BCUT2D eigenvalue weighted by Crippen LogP contribution is -2.42. The molecule has 4 rings (SSSR count). The first-order valence-electron chi connectivity index (χ1n) is 9.62. The van der Waals surface area contributed by atoms with E-state index in [0.29, 0.717) is 11.8 Å². The van der Waals surface area contributed by atoms with Crippen LogP contribution < -0.4 is 0 Å². The third kappa shape index (κ3) is 3.68. The minimum absolute atomic E-state index is 0.0487. The lowest BCUT2D eigenvalue weighted by atomic mass is 9.92. The summed E-state index contributed by atoms with van der Waals surface area (Å²) in [6.45, 7) is 8.59. The van der Waals surface area contributed by atoms with Gasteiger partial charge in [0.05, 0.1) is 5.69 Å². The highest BCUT2D eigenvalue weighted by Crippen LogP contribution is 2.25. The Labute approximate surface area is 155 Å². The molecule has 0 saturated carbocycles. The highest BCUT2D eigenvalue weighted by atomic mass is 16.4. The molecule has 0 spiro atoms. The number of rotatable bonds is 3. The minimum Gasteiger partial charge on any atom is -0.437 e. The number of carbonyl (C=O) groups excluding carboxylic acids is 1. The molecule has 2 unspecified atom stereocenters. The molecule has 2 aliphatic heterocycles. The Morgan fingerprint density at radius 2 is 1.92 bits per heavy atom. The van der Waals surface area contributed by atoms with Crippen molar-refractivity contribution in [1.29, 1.82) is 0 Å². The number of carbonyl (C=O) groups is 1. The summed E-state index contributed by atoms with van der Waals surface area (Å²) in [6, 6.07) is 10.5. The van der Waals surface area contributed by atoms with Crippen LogP contribution in [0.4, 0.5) is 0 Å². The number of hydrogen-bond acceptors (Lipinski definition) is 4. The van der Waals surface area contributed by atoms with Gasteiger partial charge in [-0.2, -0.15) is 0 Å². The summed E-state index contributed by atoms with van der Waals surface area (Å²) in [4.78, 5) is 21.7. The molecular weight excluding hydrogens is 326 g/mol. The molecule has 0 N–H and O–H groups in total. The van der Waals surface area contributed by atoms with E-state index in [1.165, 1.54) is 12.0 Å². The van der Waals surface area contributed by atoms with E-state index in [1.807, 2.05) is 11.0 Å². The number of likely N-dealkylation sites (tertiary alicyclic amines) is 1. The minimum atomic E-state index is -0.0487. The SMILES string of the molecule is CC1CC(C)CN(C(=O)c2nc3c(o2)CCN(Cc2ccccc2)C3)C1. The van der Waals surface area contributed by atoms with Crippen molar-refractivity contribution in [2.24, 2.45) is 11.8 Å². The number of amides is 1. The van der Waals surface area contributed by atoms with Gasteiger partial charge in [0.15, 0.2) is 0 Å². The number of oxazole rings is 1. The molecule has 1 saturated heterocycles. The zero-order valence-electron chi connectivity index (χ0n) is 15.6.